The Morgan fingerprint density at radius 1 is 1.03 bits per heavy atom. The molecule has 0 aliphatic carbocycles. The van der Waals surface area contributed by atoms with Gasteiger partial charge in [-0.2, -0.15) is 5.10 Å². The van der Waals surface area contributed by atoms with Gasteiger partial charge in [0.25, 0.3) is 5.91 Å². The minimum atomic E-state index is -0.496. The Hall–Kier alpha value is -4.46. The lowest BCUT2D eigenvalue weighted by atomic mass is 9.93. The number of H-pyrrole nitrogens is 1. The number of hydrogen-bond acceptors (Lipinski definition) is 6. The Bertz CT molecular complexity index is 1470. The molecule has 5 rings (SSSR count). The van der Waals surface area contributed by atoms with E-state index in [1.807, 2.05) is 51.1 Å². The molecule has 0 saturated carbocycles. The van der Waals surface area contributed by atoms with Gasteiger partial charge < -0.3 is 24.6 Å². The molecule has 1 atom stereocenters. The smallest absolute Gasteiger partial charge is 0.273 e. The molecule has 1 aromatic heterocycles. The number of aromatic nitrogens is 2. The van der Waals surface area contributed by atoms with Crippen molar-refractivity contribution in [2.45, 2.75) is 33.2 Å². The number of nitrogens with zero attached hydrogens (tertiary/aromatic N) is 2. The standard InChI is InChI=1S/C30H31N3O5/c1-5-38-24-16-20(8-11-22(24)34)29-26-27(25-18(3)14-17(2)15-23(25)35)31-32-28(26)30(36)33(29)13-12-19-6-9-21(37-4)10-7-19/h6-11,14-16,29,34-35H,5,12-13H2,1-4H3,(H,31,32). The Kier molecular flexibility index (Phi) is 6.72. The van der Waals surface area contributed by atoms with Crippen LogP contribution in [0.5, 0.6) is 23.0 Å². The third kappa shape index (κ3) is 4.42. The highest BCUT2D eigenvalue weighted by Crippen LogP contribution is 2.46. The van der Waals surface area contributed by atoms with Crippen molar-refractivity contribution in [3.05, 3.63) is 88.1 Å². The van der Waals surface area contributed by atoms with Crippen molar-refractivity contribution in [2.75, 3.05) is 20.3 Å². The van der Waals surface area contributed by atoms with Gasteiger partial charge in [-0.1, -0.05) is 24.3 Å². The number of ether oxygens (including phenoxy) is 2. The van der Waals surface area contributed by atoms with Crippen LogP contribution in [0.3, 0.4) is 0 Å². The average molecular weight is 514 g/mol. The largest absolute Gasteiger partial charge is 0.507 e. The first-order valence-electron chi connectivity index (χ1n) is 12.6. The second-order valence-corrected chi connectivity index (χ2v) is 9.50. The molecule has 38 heavy (non-hydrogen) atoms. The van der Waals surface area contributed by atoms with Crippen molar-refractivity contribution in [1.29, 1.82) is 0 Å². The summed E-state index contributed by atoms with van der Waals surface area (Å²) in [7, 11) is 1.63. The predicted molar refractivity (Wildman–Crippen MR) is 144 cm³/mol. The van der Waals surface area contributed by atoms with Gasteiger partial charge in [-0.3, -0.25) is 9.89 Å². The summed E-state index contributed by atoms with van der Waals surface area (Å²) in [5.41, 5.74) is 5.85. The molecule has 0 fully saturated rings. The molecular weight excluding hydrogens is 482 g/mol. The maximum Gasteiger partial charge on any atom is 0.273 e. The fourth-order valence-electron chi connectivity index (χ4n) is 5.23. The van der Waals surface area contributed by atoms with Crippen LogP contribution in [-0.4, -0.2) is 51.5 Å². The number of phenolic OH excluding ortho intramolecular Hbond substituents is 2. The van der Waals surface area contributed by atoms with E-state index >= 15 is 0 Å². The molecule has 2 heterocycles. The summed E-state index contributed by atoms with van der Waals surface area (Å²) >= 11 is 0. The lowest BCUT2D eigenvalue weighted by Gasteiger charge is -2.27. The zero-order valence-electron chi connectivity index (χ0n) is 21.9. The number of amides is 1. The summed E-state index contributed by atoms with van der Waals surface area (Å²) < 4.78 is 10.9. The molecule has 0 radical (unpaired) electrons. The predicted octanol–water partition coefficient (Wildman–Crippen LogP) is 5.30. The van der Waals surface area contributed by atoms with Crippen LogP contribution in [-0.2, 0) is 6.42 Å². The number of carbonyl (C=O) groups is 1. The van der Waals surface area contributed by atoms with Crippen LogP contribution in [0, 0.1) is 13.8 Å². The van der Waals surface area contributed by atoms with Crippen molar-refractivity contribution in [3.63, 3.8) is 0 Å². The number of aromatic amines is 1. The molecule has 1 amide bonds. The van der Waals surface area contributed by atoms with Crippen LogP contribution in [0.15, 0.2) is 54.6 Å². The lowest BCUT2D eigenvalue weighted by Crippen LogP contribution is -2.31. The molecule has 3 aromatic carbocycles. The van der Waals surface area contributed by atoms with Crippen molar-refractivity contribution in [3.8, 4) is 34.3 Å². The SMILES string of the molecule is CCOc1cc(C2c3c(-c4c(C)cc(C)cc4O)n[nH]c3C(=O)N2CCc2ccc(OC)cc2)ccc1O. The van der Waals surface area contributed by atoms with Gasteiger partial charge in [0.2, 0.25) is 0 Å². The second-order valence-electron chi connectivity index (χ2n) is 9.50. The quantitative estimate of drug-likeness (QED) is 0.295. The van der Waals surface area contributed by atoms with E-state index in [-0.39, 0.29) is 17.4 Å². The number of benzene rings is 3. The molecule has 1 unspecified atom stereocenters. The molecule has 0 spiro atoms. The fourth-order valence-corrected chi connectivity index (χ4v) is 5.23. The number of aryl methyl sites for hydroxylation is 2. The highest BCUT2D eigenvalue weighted by molar-refractivity contribution is 6.00. The average Bonchev–Trinajstić information content (AvgIpc) is 3.43. The first kappa shape index (κ1) is 25.2. The van der Waals surface area contributed by atoms with Gasteiger partial charge in [0.05, 0.1) is 19.8 Å². The number of methoxy groups -OCH3 is 1. The Morgan fingerprint density at radius 2 is 1.79 bits per heavy atom. The lowest BCUT2D eigenvalue weighted by molar-refractivity contribution is 0.0745. The minimum absolute atomic E-state index is 0.0318. The van der Waals surface area contributed by atoms with Gasteiger partial charge in [0, 0.05) is 17.7 Å². The Balaban J connectivity index is 1.61. The molecule has 1 aliphatic heterocycles. The van der Waals surface area contributed by atoms with Gasteiger partial charge in [0.1, 0.15) is 22.9 Å². The summed E-state index contributed by atoms with van der Waals surface area (Å²) in [6.07, 6.45) is 0.629. The van der Waals surface area contributed by atoms with Gasteiger partial charge in [-0.25, -0.2) is 0 Å². The van der Waals surface area contributed by atoms with Crippen molar-refractivity contribution >= 4 is 5.91 Å². The van der Waals surface area contributed by atoms with Crippen LogP contribution >= 0.6 is 0 Å². The summed E-state index contributed by atoms with van der Waals surface area (Å²) in [6.45, 7) is 6.53. The zero-order valence-corrected chi connectivity index (χ0v) is 21.9. The van der Waals surface area contributed by atoms with E-state index in [9.17, 15) is 15.0 Å². The normalized spacial score (nSPS) is 14.6. The van der Waals surface area contributed by atoms with E-state index in [1.165, 1.54) is 0 Å². The maximum absolute atomic E-state index is 13.7. The summed E-state index contributed by atoms with van der Waals surface area (Å²) in [4.78, 5) is 15.5. The third-order valence-corrected chi connectivity index (χ3v) is 6.96. The molecule has 0 bridgehead atoms. The minimum Gasteiger partial charge on any atom is -0.507 e. The van der Waals surface area contributed by atoms with E-state index in [0.717, 1.165) is 28.0 Å². The van der Waals surface area contributed by atoms with Crippen molar-refractivity contribution in [1.82, 2.24) is 15.1 Å². The zero-order chi connectivity index (χ0) is 27.0. The first-order chi connectivity index (χ1) is 18.3. The van der Waals surface area contributed by atoms with Crippen LogP contribution in [0.4, 0.5) is 0 Å². The Labute approximate surface area is 221 Å². The summed E-state index contributed by atoms with van der Waals surface area (Å²) in [5, 5.41) is 28.7. The topological polar surface area (TPSA) is 108 Å². The summed E-state index contributed by atoms with van der Waals surface area (Å²) in [5.74, 6) is 1.09. The molecule has 196 valence electrons. The van der Waals surface area contributed by atoms with Gasteiger partial charge in [-0.05, 0) is 79.8 Å². The number of fused-ring (bicyclic) bond motifs is 1. The van der Waals surface area contributed by atoms with E-state index < -0.39 is 6.04 Å². The molecule has 8 nitrogen and oxygen atoms in total. The third-order valence-electron chi connectivity index (χ3n) is 6.96. The molecule has 1 aliphatic rings. The number of hydrogen-bond donors (Lipinski definition) is 3. The molecule has 3 N–H and O–H groups in total. The summed E-state index contributed by atoms with van der Waals surface area (Å²) in [6, 6.07) is 16.1. The molecule has 8 heteroatoms. The molecule has 4 aromatic rings. The highest BCUT2D eigenvalue weighted by atomic mass is 16.5. The van der Waals surface area contributed by atoms with Crippen LogP contribution in [0.25, 0.3) is 11.3 Å². The monoisotopic (exact) mass is 513 g/mol. The van der Waals surface area contributed by atoms with E-state index in [2.05, 4.69) is 10.2 Å². The van der Waals surface area contributed by atoms with Crippen molar-refractivity contribution in [2.24, 2.45) is 0 Å². The number of phenols is 2. The number of aromatic hydroxyl groups is 2. The van der Waals surface area contributed by atoms with E-state index in [0.29, 0.717) is 47.8 Å². The molecule has 0 saturated heterocycles. The van der Waals surface area contributed by atoms with Gasteiger partial charge >= 0.3 is 0 Å². The first-order valence-corrected chi connectivity index (χ1v) is 12.6. The number of nitrogens with one attached hydrogen (secondary N) is 1. The fraction of sp³-hybridized carbons (Fsp3) is 0.267. The van der Waals surface area contributed by atoms with Gasteiger partial charge in [0.15, 0.2) is 11.5 Å². The van der Waals surface area contributed by atoms with Crippen molar-refractivity contribution < 1.29 is 24.5 Å². The Morgan fingerprint density at radius 3 is 2.47 bits per heavy atom. The van der Waals surface area contributed by atoms with E-state index in [4.69, 9.17) is 9.47 Å². The van der Waals surface area contributed by atoms with E-state index in [1.54, 1.807) is 36.3 Å². The number of rotatable bonds is 8. The maximum atomic E-state index is 13.7. The van der Waals surface area contributed by atoms with Crippen LogP contribution in [0.2, 0.25) is 0 Å². The highest BCUT2D eigenvalue weighted by Gasteiger charge is 2.42. The number of carbonyl (C=O) groups excluding carboxylic acids is 1. The van der Waals surface area contributed by atoms with Crippen LogP contribution in [0.1, 0.15) is 51.3 Å². The second kappa shape index (κ2) is 10.1. The molecular formula is C30H31N3O5. The van der Waals surface area contributed by atoms with Gasteiger partial charge in [-0.15, -0.1) is 0 Å². The van der Waals surface area contributed by atoms with Crippen LogP contribution < -0.4 is 9.47 Å².